The molecule has 10 heavy (non-hydrogen) atoms. The summed E-state index contributed by atoms with van der Waals surface area (Å²) in [7, 11) is 0. The minimum absolute atomic E-state index is 0.0949. The molecule has 1 saturated heterocycles. The Hall–Kier alpha value is -0.570. The quantitative estimate of drug-likeness (QED) is 0.494. The number of nitrogens with two attached hydrogens (primary N) is 1. The Bertz CT molecular complexity index is 136. The largest absolute Gasteiger partial charge is 0.356 e. The van der Waals surface area contributed by atoms with Gasteiger partial charge in [-0.15, -0.1) is 0 Å². The van der Waals surface area contributed by atoms with Crippen LogP contribution in [0.3, 0.4) is 0 Å². The number of amides is 1. The number of rotatable bonds is 0. The molecule has 1 amide bonds. The van der Waals surface area contributed by atoms with E-state index in [4.69, 9.17) is 5.73 Å². The first-order valence-corrected chi connectivity index (χ1v) is 3.73. The zero-order chi connectivity index (χ0) is 7.56. The van der Waals surface area contributed by atoms with E-state index in [2.05, 4.69) is 5.32 Å². The van der Waals surface area contributed by atoms with E-state index in [0.717, 1.165) is 19.4 Å². The standard InChI is InChI=1S/C7H14N2O/c1-5-4-6(8)2-3-9-7(5)10/h5-6H,2-4,8H2,1H3,(H,9,10). The van der Waals surface area contributed by atoms with Crippen molar-refractivity contribution in [2.24, 2.45) is 11.7 Å². The third kappa shape index (κ3) is 1.70. The third-order valence-corrected chi connectivity index (χ3v) is 1.92. The van der Waals surface area contributed by atoms with Gasteiger partial charge in [-0.25, -0.2) is 0 Å². The molecule has 0 radical (unpaired) electrons. The summed E-state index contributed by atoms with van der Waals surface area (Å²) in [5.41, 5.74) is 5.70. The average molecular weight is 142 g/mol. The van der Waals surface area contributed by atoms with Crippen molar-refractivity contribution in [1.82, 2.24) is 5.32 Å². The molecule has 2 unspecified atom stereocenters. The van der Waals surface area contributed by atoms with Gasteiger partial charge in [0.05, 0.1) is 0 Å². The van der Waals surface area contributed by atoms with Crippen LogP contribution in [0.2, 0.25) is 0 Å². The molecule has 1 fully saturated rings. The summed E-state index contributed by atoms with van der Waals surface area (Å²) in [6.45, 7) is 2.66. The maximum atomic E-state index is 11.0. The molecular weight excluding hydrogens is 128 g/mol. The van der Waals surface area contributed by atoms with E-state index in [0.29, 0.717) is 0 Å². The van der Waals surface area contributed by atoms with Crippen molar-refractivity contribution in [2.45, 2.75) is 25.8 Å². The van der Waals surface area contributed by atoms with Crippen LogP contribution in [0.25, 0.3) is 0 Å². The van der Waals surface area contributed by atoms with Gasteiger partial charge in [0.15, 0.2) is 0 Å². The molecule has 0 aliphatic carbocycles. The van der Waals surface area contributed by atoms with Gasteiger partial charge in [0.25, 0.3) is 0 Å². The van der Waals surface area contributed by atoms with E-state index in [1.54, 1.807) is 0 Å². The molecule has 0 aromatic heterocycles. The van der Waals surface area contributed by atoms with Gasteiger partial charge in [-0.05, 0) is 12.8 Å². The summed E-state index contributed by atoms with van der Waals surface area (Å²) in [6.07, 6.45) is 1.74. The molecule has 58 valence electrons. The van der Waals surface area contributed by atoms with Crippen molar-refractivity contribution in [3.05, 3.63) is 0 Å². The van der Waals surface area contributed by atoms with E-state index >= 15 is 0 Å². The van der Waals surface area contributed by atoms with Crippen molar-refractivity contribution < 1.29 is 4.79 Å². The maximum absolute atomic E-state index is 11.0. The monoisotopic (exact) mass is 142 g/mol. The van der Waals surface area contributed by atoms with Crippen LogP contribution >= 0.6 is 0 Å². The first kappa shape index (κ1) is 7.54. The maximum Gasteiger partial charge on any atom is 0.222 e. The van der Waals surface area contributed by atoms with E-state index in [1.807, 2.05) is 6.92 Å². The van der Waals surface area contributed by atoms with E-state index < -0.39 is 0 Å². The normalized spacial score (nSPS) is 34.8. The zero-order valence-corrected chi connectivity index (χ0v) is 6.26. The minimum Gasteiger partial charge on any atom is -0.356 e. The number of nitrogens with one attached hydrogen (secondary N) is 1. The number of carbonyl (C=O) groups excluding carboxylic acids is 1. The Morgan fingerprint density at radius 1 is 1.70 bits per heavy atom. The topological polar surface area (TPSA) is 55.1 Å². The Morgan fingerprint density at radius 3 is 3.10 bits per heavy atom. The van der Waals surface area contributed by atoms with Crippen LogP contribution < -0.4 is 11.1 Å². The smallest absolute Gasteiger partial charge is 0.222 e. The molecule has 3 N–H and O–H groups in total. The highest BCUT2D eigenvalue weighted by Gasteiger charge is 2.19. The van der Waals surface area contributed by atoms with Gasteiger partial charge in [0.2, 0.25) is 5.91 Å². The lowest BCUT2D eigenvalue weighted by molar-refractivity contribution is -0.124. The summed E-state index contributed by atoms with van der Waals surface area (Å²) < 4.78 is 0. The minimum atomic E-state index is 0.0949. The van der Waals surface area contributed by atoms with Gasteiger partial charge in [0, 0.05) is 18.5 Å². The fraction of sp³-hybridized carbons (Fsp3) is 0.857. The predicted molar refractivity (Wildman–Crippen MR) is 39.4 cm³/mol. The highest BCUT2D eigenvalue weighted by atomic mass is 16.1. The molecule has 2 atom stereocenters. The molecule has 0 bridgehead atoms. The highest BCUT2D eigenvalue weighted by Crippen LogP contribution is 2.09. The lowest BCUT2D eigenvalue weighted by Crippen LogP contribution is -2.27. The number of hydrogen-bond donors (Lipinski definition) is 2. The Labute approximate surface area is 61.0 Å². The van der Waals surface area contributed by atoms with Gasteiger partial charge in [-0.2, -0.15) is 0 Å². The molecule has 0 aromatic carbocycles. The fourth-order valence-electron chi connectivity index (χ4n) is 1.23. The second-order valence-corrected chi connectivity index (χ2v) is 2.98. The Balaban J connectivity index is 2.49. The summed E-state index contributed by atoms with van der Waals surface area (Å²) in [4.78, 5) is 11.0. The molecule has 1 rings (SSSR count). The molecule has 1 heterocycles. The molecule has 3 nitrogen and oxygen atoms in total. The molecule has 1 aliphatic rings. The van der Waals surface area contributed by atoms with Gasteiger partial charge < -0.3 is 11.1 Å². The van der Waals surface area contributed by atoms with Crippen LogP contribution in [-0.2, 0) is 4.79 Å². The van der Waals surface area contributed by atoms with Crippen LogP contribution in [-0.4, -0.2) is 18.5 Å². The number of carbonyl (C=O) groups is 1. The lowest BCUT2D eigenvalue weighted by Gasteiger charge is -2.08. The van der Waals surface area contributed by atoms with Crippen LogP contribution in [0.15, 0.2) is 0 Å². The Morgan fingerprint density at radius 2 is 2.40 bits per heavy atom. The molecule has 0 aromatic rings. The van der Waals surface area contributed by atoms with Crippen molar-refractivity contribution >= 4 is 5.91 Å². The highest BCUT2D eigenvalue weighted by molar-refractivity contribution is 5.78. The van der Waals surface area contributed by atoms with Crippen molar-refractivity contribution in [3.8, 4) is 0 Å². The van der Waals surface area contributed by atoms with Crippen LogP contribution in [0.4, 0.5) is 0 Å². The van der Waals surface area contributed by atoms with Crippen LogP contribution in [0, 0.1) is 5.92 Å². The summed E-state index contributed by atoms with van der Waals surface area (Å²) in [5, 5.41) is 2.81. The molecular formula is C7H14N2O. The van der Waals surface area contributed by atoms with E-state index in [1.165, 1.54) is 0 Å². The zero-order valence-electron chi connectivity index (χ0n) is 6.26. The lowest BCUT2D eigenvalue weighted by atomic mass is 10.0. The van der Waals surface area contributed by atoms with Crippen LogP contribution in [0.5, 0.6) is 0 Å². The average Bonchev–Trinajstić information content (AvgIpc) is 1.96. The summed E-state index contributed by atoms with van der Waals surface area (Å²) in [6, 6.07) is 0.203. The summed E-state index contributed by atoms with van der Waals surface area (Å²) in [5.74, 6) is 0.241. The Kier molecular flexibility index (Phi) is 2.27. The number of hydrogen-bond acceptors (Lipinski definition) is 2. The van der Waals surface area contributed by atoms with Crippen LogP contribution in [0.1, 0.15) is 19.8 Å². The second-order valence-electron chi connectivity index (χ2n) is 2.98. The van der Waals surface area contributed by atoms with E-state index in [-0.39, 0.29) is 17.9 Å². The molecule has 0 saturated carbocycles. The fourth-order valence-corrected chi connectivity index (χ4v) is 1.23. The first-order valence-electron chi connectivity index (χ1n) is 3.73. The predicted octanol–water partition coefficient (Wildman–Crippen LogP) is -0.140. The molecule has 3 heteroatoms. The van der Waals surface area contributed by atoms with Crippen molar-refractivity contribution in [3.63, 3.8) is 0 Å². The van der Waals surface area contributed by atoms with Gasteiger partial charge in [-0.1, -0.05) is 6.92 Å². The van der Waals surface area contributed by atoms with Gasteiger partial charge >= 0.3 is 0 Å². The van der Waals surface area contributed by atoms with Crippen molar-refractivity contribution in [1.29, 1.82) is 0 Å². The van der Waals surface area contributed by atoms with E-state index in [9.17, 15) is 4.79 Å². The molecule has 0 spiro atoms. The first-order chi connectivity index (χ1) is 4.70. The third-order valence-electron chi connectivity index (χ3n) is 1.92. The summed E-state index contributed by atoms with van der Waals surface area (Å²) >= 11 is 0. The SMILES string of the molecule is CC1CC(N)CCNC1=O. The molecule has 1 aliphatic heterocycles. The second kappa shape index (κ2) is 3.01. The van der Waals surface area contributed by atoms with Crippen molar-refractivity contribution in [2.75, 3.05) is 6.54 Å². The van der Waals surface area contributed by atoms with Gasteiger partial charge in [-0.3, -0.25) is 4.79 Å². The van der Waals surface area contributed by atoms with Gasteiger partial charge in [0.1, 0.15) is 0 Å².